The molecule has 1 aliphatic carbocycles. The summed E-state index contributed by atoms with van der Waals surface area (Å²) in [5.74, 6) is 0.541. The average molecular weight is 460 g/mol. The Kier molecular flexibility index (Phi) is 6.67. The minimum absolute atomic E-state index is 0.0645. The summed E-state index contributed by atoms with van der Waals surface area (Å²) in [7, 11) is 1.57. The Bertz CT molecular complexity index is 1010. The quantitative estimate of drug-likeness (QED) is 0.404. The fraction of sp³-hybridized carbons (Fsp3) is 0.417. The molecular weight excluding hydrogens is 433 g/mol. The molecule has 0 aromatic heterocycles. The number of hydrogen-bond acceptors (Lipinski definition) is 4. The van der Waals surface area contributed by atoms with Gasteiger partial charge in [-0.1, -0.05) is 17.7 Å². The third-order valence-electron chi connectivity index (χ3n) is 6.20. The molecule has 0 radical (unpaired) electrons. The van der Waals surface area contributed by atoms with E-state index in [4.69, 9.17) is 31.8 Å². The summed E-state index contributed by atoms with van der Waals surface area (Å²) in [5.41, 5.74) is 8.45. The van der Waals surface area contributed by atoms with Crippen LogP contribution in [0.5, 0.6) is 5.75 Å². The zero-order chi connectivity index (χ0) is 22.8. The van der Waals surface area contributed by atoms with Gasteiger partial charge in [0.25, 0.3) is 0 Å². The molecule has 4 unspecified atom stereocenters. The lowest BCUT2D eigenvalue weighted by Crippen LogP contribution is -2.44. The van der Waals surface area contributed by atoms with E-state index in [0.29, 0.717) is 29.4 Å². The van der Waals surface area contributed by atoms with Gasteiger partial charge in [0.05, 0.1) is 12.1 Å². The molecule has 6 nitrogen and oxygen atoms in total. The molecule has 2 aromatic carbocycles. The van der Waals surface area contributed by atoms with Crippen molar-refractivity contribution in [3.63, 3.8) is 0 Å². The predicted molar refractivity (Wildman–Crippen MR) is 122 cm³/mol. The number of fused-ring (bicyclic) bond motifs is 2. The molecule has 0 saturated heterocycles. The molecule has 0 spiro atoms. The van der Waals surface area contributed by atoms with Gasteiger partial charge >= 0.3 is 0 Å². The van der Waals surface area contributed by atoms with Crippen molar-refractivity contribution < 1.29 is 18.7 Å². The molecular formula is C24H27ClFN3O3. The predicted octanol–water partition coefficient (Wildman–Crippen LogP) is 4.56. The molecule has 1 saturated carbocycles. The van der Waals surface area contributed by atoms with E-state index >= 15 is 0 Å². The lowest BCUT2D eigenvalue weighted by molar-refractivity contribution is -0.114. The van der Waals surface area contributed by atoms with Crippen molar-refractivity contribution in [2.75, 3.05) is 13.7 Å². The van der Waals surface area contributed by atoms with Gasteiger partial charge in [0.2, 0.25) is 6.41 Å². The average Bonchev–Trinajstić information content (AvgIpc) is 2.77. The summed E-state index contributed by atoms with van der Waals surface area (Å²) >= 11 is 6.07. The molecule has 2 aliphatic rings. The lowest BCUT2D eigenvalue weighted by atomic mass is 9.75. The van der Waals surface area contributed by atoms with E-state index in [2.05, 4.69) is 0 Å². The third-order valence-corrected chi connectivity index (χ3v) is 6.41. The fourth-order valence-electron chi connectivity index (χ4n) is 4.63. The van der Waals surface area contributed by atoms with E-state index in [1.807, 2.05) is 25.1 Å². The molecule has 1 amide bonds. The van der Waals surface area contributed by atoms with Gasteiger partial charge in [-0.15, -0.1) is 0 Å². The molecule has 1 aliphatic heterocycles. The Morgan fingerprint density at radius 1 is 1.31 bits per heavy atom. The van der Waals surface area contributed by atoms with Gasteiger partial charge in [0.1, 0.15) is 17.7 Å². The van der Waals surface area contributed by atoms with E-state index in [9.17, 15) is 9.18 Å². The van der Waals surface area contributed by atoms with Crippen LogP contribution in [-0.2, 0) is 9.53 Å². The number of amides is 1. The first-order chi connectivity index (χ1) is 15.4. The molecule has 4 rings (SSSR count). The Morgan fingerprint density at radius 3 is 2.84 bits per heavy atom. The first-order valence-corrected chi connectivity index (χ1v) is 11.2. The Labute approximate surface area is 192 Å². The topological polar surface area (TPSA) is 77.2 Å². The van der Waals surface area contributed by atoms with Gasteiger partial charge in [-0.25, -0.2) is 9.38 Å². The van der Waals surface area contributed by atoms with Gasteiger partial charge in [-0.3, -0.25) is 9.69 Å². The van der Waals surface area contributed by atoms with Crippen LogP contribution in [0.4, 0.5) is 4.39 Å². The van der Waals surface area contributed by atoms with E-state index in [-0.39, 0.29) is 30.1 Å². The van der Waals surface area contributed by atoms with Gasteiger partial charge in [0.15, 0.2) is 5.96 Å². The molecule has 1 heterocycles. The number of hydrogen-bond donors (Lipinski definition) is 1. The minimum Gasteiger partial charge on any atom is -0.490 e. The summed E-state index contributed by atoms with van der Waals surface area (Å²) in [4.78, 5) is 17.2. The first-order valence-electron chi connectivity index (χ1n) is 10.8. The maximum atomic E-state index is 14.0. The third kappa shape index (κ3) is 4.59. The number of rotatable bonds is 5. The molecule has 2 N–H and O–H groups in total. The van der Waals surface area contributed by atoms with Crippen molar-refractivity contribution in [3.8, 4) is 16.9 Å². The summed E-state index contributed by atoms with van der Waals surface area (Å²) in [6.07, 6.45) is 3.25. The largest absolute Gasteiger partial charge is 0.490 e. The number of ether oxygens (including phenoxy) is 2. The van der Waals surface area contributed by atoms with Crippen LogP contribution >= 0.6 is 11.6 Å². The summed E-state index contributed by atoms with van der Waals surface area (Å²) in [6.45, 7) is 2.66. The van der Waals surface area contributed by atoms with Crippen LogP contribution in [0.25, 0.3) is 11.1 Å². The van der Waals surface area contributed by atoms with Gasteiger partial charge in [-0.2, -0.15) is 0 Å². The standard InChI is InChI=1S/C24H27ClFN3O3/c1-3-31-18-5-6-19-22(12-18)32-21-7-4-14(15-8-16(25)11-17(26)9-15)10-20(21)23(19)28-24(27)29(2)13-30/h4,7-11,13,18-19,22-23H,3,5-6,12H2,1-2H3,(H2,27,28). The van der Waals surface area contributed by atoms with Crippen LogP contribution in [0.3, 0.4) is 0 Å². The summed E-state index contributed by atoms with van der Waals surface area (Å²) in [6, 6.07) is 9.86. The van der Waals surface area contributed by atoms with Gasteiger partial charge < -0.3 is 15.2 Å². The number of carbonyl (C=O) groups excluding carboxylic acids is 1. The minimum atomic E-state index is -0.401. The highest BCUT2D eigenvalue weighted by Crippen LogP contribution is 2.48. The second kappa shape index (κ2) is 9.46. The zero-order valence-corrected chi connectivity index (χ0v) is 18.9. The number of aliphatic imine (C=N–C) groups is 1. The Balaban J connectivity index is 1.76. The number of halogens is 2. The summed E-state index contributed by atoms with van der Waals surface area (Å²) < 4.78 is 26.2. The van der Waals surface area contributed by atoms with Crippen LogP contribution in [0.2, 0.25) is 5.02 Å². The number of benzene rings is 2. The zero-order valence-electron chi connectivity index (χ0n) is 18.1. The SMILES string of the molecule is CCOC1CCC2C(C1)Oc1ccc(-c3cc(F)cc(Cl)c3)cc1C2N=C(N)N(C)C=O. The number of nitrogens with zero attached hydrogens (tertiary/aromatic N) is 2. The van der Waals surface area contributed by atoms with Gasteiger partial charge in [-0.05, 0) is 61.2 Å². The van der Waals surface area contributed by atoms with Crippen LogP contribution in [0.1, 0.15) is 37.8 Å². The van der Waals surface area contributed by atoms with E-state index in [1.165, 1.54) is 17.0 Å². The number of guanidine groups is 1. The lowest BCUT2D eigenvalue weighted by Gasteiger charge is -2.43. The van der Waals surface area contributed by atoms with Crippen LogP contribution in [0, 0.1) is 11.7 Å². The Hall–Kier alpha value is -2.64. The second-order valence-electron chi connectivity index (χ2n) is 8.27. The maximum absolute atomic E-state index is 14.0. The van der Waals surface area contributed by atoms with Crippen molar-refractivity contribution in [2.24, 2.45) is 16.6 Å². The highest BCUT2D eigenvalue weighted by Gasteiger charge is 2.43. The van der Waals surface area contributed by atoms with Crippen molar-refractivity contribution in [1.82, 2.24) is 4.90 Å². The van der Waals surface area contributed by atoms with Gasteiger partial charge in [0, 0.05) is 36.6 Å². The van der Waals surface area contributed by atoms with Crippen LogP contribution in [-0.4, -0.2) is 43.1 Å². The monoisotopic (exact) mass is 459 g/mol. The highest BCUT2D eigenvalue weighted by molar-refractivity contribution is 6.30. The maximum Gasteiger partial charge on any atom is 0.216 e. The van der Waals surface area contributed by atoms with E-state index in [1.54, 1.807) is 13.1 Å². The van der Waals surface area contributed by atoms with Crippen molar-refractivity contribution in [3.05, 3.63) is 52.8 Å². The highest BCUT2D eigenvalue weighted by atomic mass is 35.5. The first kappa shape index (κ1) is 22.6. The normalized spacial score (nSPS) is 24.8. The molecule has 4 atom stereocenters. The smallest absolute Gasteiger partial charge is 0.216 e. The molecule has 2 aromatic rings. The van der Waals surface area contributed by atoms with Crippen molar-refractivity contribution in [2.45, 2.75) is 44.4 Å². The fourth-order valence-corrected chi connectivity index (χ4v) is 4.86. The van der Waals surface area contributed by atoms with E-state index < -0.39 is 5.82 Å². The van der Waals surface area contributed by atoms with Crippen LogP contribution in [0.15, 0.2) is 41.4 Å². The van der Waals surface area contributed by atoms with Crippen LogP contribution < -0.4 is 10.5 Å². The van der Waals surface area contributed by atoms with E-state index in [0.717, 1.165) is 30.4 Å². The van der Waals surface area contributed by atoms with Crippen molar-refractivity contribution >= 4 is 24.0 Å². The molecule has 170 valence electrons. The van der Waals surface area contributed by atoms with Crippen molar-refractivity contribution in [1.29, 1.82) is 0 Å². The molecule has 0 bridgehead atoms. The Morgan fingerprint density at radius 2 is 2.12 bits per heavy atom. The molecule has 32 heavy (non-hydrogen) atoms. The molecule has 8 heteroatoms. The number of carbonyl (C=O) groups is 1. The second-order valence-corrected chi connectivity index (χ2v) is 8.71. The summed E-state index contributed by atoms with van der Waals surface area (Å²) in [5, 5.41) is 0.328. The number of nitrogens with two attached hydrogens (primary N) is 1. The molecule has 1 fully saturated rings.